The molecule has 0 aliphatic rings. The Morgan fingerprint density at radius 3 is 2.42 bits per heavy atom. The number of anilines is 1. The molecule has 1 aromatic heterocycles. The van der Waals surface area contributed by atoms with Crippen LogP contribution >= 0.6 is 23.8 Å². The molecule has 0 aliphatic heterocycles. The van der Waals surface area contributed by atoms with E-state index >= 15 is 0 Å². The Balaban J connectivity index is 1.40. The molecule has 0 amide bonds. The van der Waals surface area contributed by atoms with Gasteiger partial charge in [-0.05, 0) is 73.6 Å². The summed E-state index contributed by atoms with van der Waals surface area (Å²) in [7, 11) is 0. The summed E-state index contributed by atoms with van der Waals surface area (Å²) >= 11 is 11.4. The van der Waals surface area contributed by atoms with Crippen molar-refractivity contribution < 1.29 is 4.74 Å². The summed E-state index contributed by atoms with van der Waals surface area (Å²) < 4.78 is 7.94. The van der Waals surface area contributed by atoms with Crippen LogP contribution in [0.3, 0.4) is 0 Å². The van der Waals surface area contributed by atoms with Gasteiger partial charge in [-0.15, -0.1) is 0 Å². The molecule has 0 bridgehead atoms. The number of ether oxygens (including phenoxy) is 1. The molecule has 0 aliphatic carbocycles. The zero-order valence-corrected chi connectivity index (χ0v) is 20.1. The molecule has 0 spiro atoms. The summed E-state index contributed by atoms with van der Waals surface area (Å²) in [5.41, 5.74) is 5.02. The van der Waals surface area contributed by atoms with Gasteiger partial charge in [0.05, 0.1) is 23.6 Å². The van der Waals surface area contributed by atoms with E-state index in [9.17, 15) is 0 Å². The Labute approximate surface area is 204 Å². The van der Waals surface area contributed by atoms with Crippen molar-refractivity contribution in [3.63, 3.8) is 0 Å². The first-order chi connectivity index (χ1) is 16.0. The molecule has 168 valence electrons. The van der Waals surface area contributed by atoms with Crippen LogP contribution in [-0.2, 0) is 13.1 Å². The average molecular weight is 477 g/mol. The summed E-state index contributed by atoms with van der Waals surface area (Å²) in [6.07, 6.45) is 0. The molecule has 2 N–H and O–H groups in total. The minimum atomic E-state index is 0.550. The fraction of sp³-hybridized carbons (Fsp3) is 0.154. The fourth-order valence-electron chi connectivity index (χ4n) is 3.48. The van der Waals surface area contributed by atoms with Crippen LogP contribution < -0.4 is 15.4 Å². The van der Waals surface area contributed by atoms with E-state index in [1.807, 2.05) is 91.3 Å². The van der Waals surface area contributed by atoms with E-state index in [1.165, 1.54) is 0 Å². The minimum absolute atomic E-state index is 0.550. The maximum Gasteiger partial charge on any atom is 0.171 e. The lowest BCUT2D eigenvalue weighted by Gasteiger charge is -2.12. The highest BCUT2D eigenvalue weighted by molar-refractivity contribution is 7.80. The minimum Gasteiger partial charge on any atom is -0.457 e. The van der Waals surface area contributed by atoms with Crippen molar-refractivity contribution in [2.75, 3.05) is 5.32 Å². The second kappa shape index (κ2) is 10.5. The van der Waals surface area contributed by atoms with Crippen LogP contribution in [0.15, 0.2) is 78.9 Å². The monoisotopic (exact) mass is 476 g/mol. The fourth-order valence-corrected chi connectivity index (χ4v) is 3.78. The number of nitrogens with zero attached hydrogens (tertiary/aromatic N) is 2. The second-order valence-corrected chi connectivity index (χ2v) is 8.54. The molecule has 0 unspecified atom stereocenters. The molecule has 0 atom stereocenters. The quantitative estimate of drug-likeness (QED) is 0.299. The summed E-state index contributed by atoms with van der Waals surface area (Å²) in [5, 5.41) is 12.5. The Morgan fingerprint density at radius 1 is 0.939 bits per heavy atom. The maximum absolute atomic E-state index is 5.96. The van der Waals surface area contributed by atoms with Gasteiger partial charge >= 0.3 is 0 Å². The van der Waals surface area contributed by atoms with E-state index in [0.717, 1.165) is 44.7 Å². The van der Waals surface area contributed by atoms with Gasteiger partial charge in [-0.25, -0.2) is 0 Å². The molecule has 4 aromatic rings. The van der Waals surface area contributed by atoms with Gasteiger partial charge in [0.2, 0.25) is 0 Å². The first-order valence-corrected chi connectivity index (χ1v) is 11.4. The molecule has 7 heteroatoms. The van der Waals surface area contributed by atoms with E-state index in [1.54, 1.807) is 0 Å². The SMILES string of the molecule is Cc1nn(Cc2cccc(Oc3ccccc3)c2)c(C)c1NC(=S)NCc1ccc(Cl)cc1. The summed E-state index contributed by atoms with van der Waals surface area (Å²) in [5.74, 6) is 1.61. The molecule has 4 rings (SSSR count). The van der Waals surface area contributed by atoms with Crippen molar-refractivity contribution in [3.8, 4) is 11.5 Å². The highest BCUT2D eigenvalue weighted by Gasteiger charge is 2.13. The molecule has 0 radical (unpaired) electrons. The van der Waals surface area contributed by atoms with Crippen molar-refractivity contribution in [2.24, 2.45) is 0 Å². The van der Waals surface area contributed by atoms with Gasteiger partial charge in [0.25, 0.3) is 0 Å². The maximum atomic E-state index is 5.96. The summed E-state index contributed by atoms with van der Waals surface area (Å²) in [6.45, 7) is 5.26. The van der Waals surface area contributed by atoms with E-state index in [2.05, 4.69) is 16.7 Å². The van der Waals surface area contributed by atoms with Crippen LogP contribution in [0, 0.1) is 13.8 Å². The van der Waals surface area contributed by atoms with Crippen molar-refractivity contribution in [2.45, 2.75) is 26.9 Å². The number of benzene rings is 3. The van der Waals surface area contributed by atoms with E-state index in [0.29, 0.717) is 18.2 Å². The van der Waals surface area contributed by atoms with Crippen molar-refractivity contribution >= 4 is 34.6 Å². The molecule has 0 saturated carbocycles. The molecular formula is C26H25ClN4OS. The molecule has 33 heavy (non-hydrogen) atoms. The molecule has 5 nitrogen and oxygen atoms in total. The topological polar surface area (TPSA) is 51.1 Å². The summed E-state index contributed by atoms with van der Waals surface area (Å²) in [4.78, 5) is 0. The van der Waals surface area contributed by atoms with Gasteiger partial charge < -0.3 is 15.4 Å². The number of hydrogen-bond donors (Lipinski definition) is 2. The van der Waals surface area contributed by atoms with E-state index < -0.39 is 0 Å². The van der Waals surface area contributed by atoms with Gasteiger partial charge in [-0.1, -0.05) is 54.1 Å². The zero-order chi connectivity index (χ0) is 23.2. The van der Waals surface area contributed by atoms with Gasteiger partial charge in [-0.2, -0.15) is 5.10 Å². The average Bonchev–Trinajstić information content (AvgIpc) is 3.07. The lowest BCUT2D eigenvalue weighted by atomic mass is 10.2. The van der Waals surface area contributed by atoms with Gasteiger partial charge in [0, 0.05) is 11.6 Å². The molecular weight excluding hydrogens is 452 g/mol. The zero-order valence-electron chi connectivity index (χ0n) is 18.5. The number of thiocarbonyl (C=S) groups is 1. The van der Waals surface area contributed by atoms with Crippen LogP contribution in [0.4, 0.5) is 5.69 Å². The predicted molar refractivity (Wildman–Crippen MR) is 138 cm³/mol. The highest BCUT2D eigenvalue weighted by Crippen LogP contribution is 2.24. The number of para-hydroxylation sites is 1. The Hall–Kier alpha value is -3.35. The van der Waals surface area contributed by atoms with Crippen LogP contribution in [0.5, 0.6) is 11.5 Å². The number of aromatic nitrogens is 2. The lowest BCUT2D eigenvalue weighted by molar-refractivity contribution is 0.481. The molecule has 0 saturated heterocycles. The third-order valence-corrected chi connectivity index (χ3v) is 5.69. The number of nitrogens with one attached hydrogen (secondary N) is 2. The Morgan fingerprint density at radius 2 is 1.67 bits per heavy atom. The van der Waals surface area contributed by atoms with Crippen LogP contribution in [0.25, 0.3) is 0 Å². The molecule has 0 fully saturated rings. The van der Waals surface area contributed by atoms with Gasteiger partial charge in [0.1, 0.15) is 11.5 Å². The number of hydrogen-bond acceptors (Lipinski definition) is 3. The van der Waals surface area contributed by atoms with Crippen LogP contribution in [-0.4, -0.2) is 14.9 Å². The van der Waals surface area contributed by atoms with E-state index in [-0.39, 0.29) is 0 Å². The number of aryl methyl sites for hydroxylation is 1. The van der Waals surface area contributed by atoms with Crippen molar-refractivity contribution in [1.29, 1.82) is 0 Å². The molecule has 3 aromatic carbocycles. The first-order valence-electron chi connectivity index (χ1n) is 10.6. The standard InChI is InChI=1S/C26H25ClN4OS/c1-18-25(29-26(33)28-16-20-11-13-22(27)14-12-20)19(2)31(30-18)17-21-7-6-10-24(15-21)32-23-8-4-3-5-9-23/h3-15H,16-17H2,1-2H3,(H2,28,29,33). The largest absolute Gasteiger partial charge is 0.457 e. The summed E-state index contributed by atoms with van der Waals surface area (Å²) in [6, 6.07) is 25.5. The third-order valence-electron chi connectivity index (χ3n) is 5.20. The second-order valence-electron chi connectivity index (χ2n) is 7.70. The van der Waals surface area contributed by atoms with Crippen molar-refractivity contribution in [1.82, 2.24) is 15.1 Å². The molecule has 1 heterocycles. The van der Waals surface area contributed by atoms with E-state index in [4.69, 9.17) is 33.7 Å². The highest BCUT2D eigenvalue weighted by atomic mass is 35.5. The predicted octanol–water partition coefficient (Wildman–Crippen LogP) is 6.48. The van der Waals surface area contributed by atoms with Crippen LogP contribution in [0.2, 0.25) is 5.02 Å². The van der Waals surface area contributed by atoms with Gasteiger partial charge in [-0.3, -0.25) is 4.68 Å². The van der Waals surface area contributed by atoms with Gasteiger partial charge in [0.15, 0.2) is 5.11 Å². The smallest absolute Gasteiger partial charge is 0.171 e. The normalized spacial score (nSPS) is 10.6. The first kappa shape index (κ1) is 22.8. The van der Waals surface area contributed by atoms with Crippen molar-refractivity contribution in [3.05, 3.63) is 106 Å². The number of halogens is 1. The third kappa shape index (κ3) is 6.12. The number of rotatable bonds is 7. The Kier molecular flexibility index (Phi) is 7.27. The van der Waals surface area contributed by atoms with Crippen LogP contribution in [0.1, 0.15) is 22.5 Å². The lowest BCUT2D eigenvalue weighted by Crippen LogP contribution is -2.28. The Bertz CT molecular complexity index is 1240.